The van der Waals surface area contributed by atoms with Crippen molar-refractivity contribution in [3.05, 3.63) is 48.3 Å². The molecule has 0 fully saturated rings. The zero-order chi connectivity index (χ0) is 13.0. The van der Waals surface area contributed by atoms with E-state index in [9.17, 15) is 4.39 Å². The van der Waals surface area contributed by atoms with E-state index in [0.29, 0.717) is 5.56 Å². The zero-order valence-electron chi connectivity index (χ0n) is 10.7. The molecule has 0 saturated heterocycles. The molecule has 3 nitrogen and oxygen atoms in total. The fraction of sp³-hybridized carbons (Fsp3) is 0.357. The van der Waals surface area contributed by atoms with E-state index >= 15 is 0 Å². The first kappa shape index (κ1) is 12.8. The average molecular weight is 247 g/mol. The molecule has 1 aromatic carbocycles. The van der Waals surface area contributed by atoms with Crippen molar-refractivity contribution in [1.29, 1.82) is 0 Å². The molecular formula is C14H18FN3. The number of aromatic nitrogens is 2. The standard InChI is InChI=1S/C14H18FN3/c1-3-7-17-11(2)14-12(15)5-4-6-13(14)18-9-8-16-10-18/h4-6,8-11,17H,3,7H2,1-2H3. The first-order valence-corrected chi connectivity index (χ1v) is 6.24. The number of imidazole rings is 1. The van der Waals surface area contributed by atoms with Crippen LogP contribution in [0.5, 0.6) is 0 Å². The summed E-state index contributed by atoms with van der Waals surface area (Å²) in [4.78, 5) is 4.01. The van der Waals surface area contributed by atoms with E-state index in [2.05, 4.69) is 17.2 Å². The van der Waals surface area contributed by atoms with Crippen LogP contribution in [0.2, 0.25) is 0 Å². The van der Waals surface area contributed by atoms with Gasteiger partial charge in [0, 0.05) is 24.0 Å². The fourth-order valence-corrected chi connectivity index (χ4v) is 2.04. The van der Waals surface area contributed by atoms with E-state index in [1.54, 1.807) is 18.6 Å². The average Bonchev–Trinajstić information content (AvgIpc) is 2.89. The fourth-order valence-electron chi connectivity index (χ4n) is 2.04. The van der Waals surface area contributed by atoms with Gasteiger partial charge in [0.15, 0.2) is 0 Å². The van der Waals surface area contributed by atoms with Crippen LogP contribution in [0.15, 0.2) is 36.9 Å². The van der Waals surface area contributed by atoms with Gasteiger partial charge in [-0.1, -0.05) is 13.0 Å². The minimum absolute atomic E-state index is 0.0245. The van der Waals surface area contributed by atoms with Crippen molar-refractivity contribution >= 4 is 0 Å². The third-order valence-corrected chi connectivity index (χ3v) is 2.95. The number of hydrogen-bond acceptors (Lipinski definition) is 2. The first-order valence-electron chi connectivity index (χ1n) is 6.24. The number of benzene rings is 1. The van der Waals surface area contributed by atoms with Gasteiger partial charge >= 0.3 is 0 Å². The summed E-state index contributed by atoms with van der Waals surface area (Å²) in [5.41, 5.74) is 1.52. The SMILES string of the molecule is CCCNC(C)c1c(F)cccc1-n1ccnc1. The van der Waals surface area contributed by atoms with E-state index in [1.807, 2.05) is 23.8 Å². The maximum Gasteiger partial charge on any atom is 0.130 e. The lowest BCUT2D eigenvalue weighted by Gasteiger charge is -2.18. The summed E-state index contributed by atoms with van der Waals surface area (Å²) < 4.78 is 15.9. The molecule has 1 aromatic heterocycles. The molecule has 1 unspecified atom stereocenters. The Kier molecular flexibility index (Phi) is 4.10. The van der Waals surface area contributed by atoms with Crippen molar-refractivity contribution in [2.45, 2.75) is 26.3 Å². The van der Waals surface area contributed by atoms with E-state index < -0.39 is 0 Å². The van der Waals surface area contributed by atoms with Gasteiger partial charge in [-0.15, -0.1) is 0 Å². The second-order valence-electron chi connectivity index (χ2n) is 4.32. The molecule has 0 aliphatic heterocycles. The lowest BCUT2D eigenvalue weighted by Crippen LogP contribution is -2.21. The normalized spacial score (nSPS) is 12.6. The van der Waals surface area contributed by atoms with Gasteiger partial charge in [0.2, 0.25) is 0 Å². The smallest absolute Gasteiger partial charge is 0.130 e. The highest BCUT2D eigenvalue weighted by atomic mass is 19.1. The van der Waals surface area contributed by atoms with Crippen molar-refractivity contribution in [2.24, 2.45) is 0 Å². The molecule has 96 valence electrons. The lowest BCUT2D eigenvalue weighted by atomic mass is 10.0. The summed E-state index contributed by atoms with van der Waals surface area (Å²) >= 11 is 0. The number of halogens is 1. The summed E-state index contributed by atoms with van der Waals surface area (Å²) in [6.45, 7) is 4.95. The van der Waals surface area contributed by atoms with Crippen molar-refractivity contribution in [3.8, 4) is 5.69 Å². The van der Waals surface area contributed by atoms with Gasteiger partial charge in [0.25, 0.3) is 0 Å². The molecule has 0 bridgehead atoms. The molecule has 0 aliphatic carbocycles. The van der Waals surface area contributed by atoms with Crippen LogP contribution in [0.3, 0.4) is 0 Å². The van der Waals surface area contributed by atoms with Gasteiger partial charge in [-0.05, 0) is 32.0 Å². The quantitative estimate of drug-likeness (QED) is 0.880. The molecule has 4 heteroatoms. The molecule has 0 amide bonds. The highest BCUT2D eigenvalue weighted by Gasteiger charge is 2.15. The molecule has 2 rings (SSSR count). The van der Waals surface area contributed by atoms with Gasteiger partial charge in [-0.2, -0.15) is 0 Å². The third-order valence-electron chi connectivity index (χ3n) is 2.95. The van der Waals surface area contributed by atoms with Crippen molar-refractivity contribution in [3.63, 3.8) is 0 Å². The van der Waals surface area contributed by atoms with Crippen LogP contribution in [0.4, 0.5) is 4.39 Å². The number of hydrogen-bond donors (Lipinski definition) is 1. The van der Waals surface area contributed by atoms with Crippen LogP contribution in [0, 0.1) is 5.82 Å². The Morgan fingerprint density at radius 2 is 2.28 bits per heavy atom. The molecular weight excluding hydrogens is 229 g/mol. The summed E-state index contributed by atoms with van der Waals surface area (Å²) in [5.74, 6) is -0.183. The van der Waals surface area contributed by atoms with Gasteiger partial charge in [-0.3, -0.25) is 0 Å². The molecule has 0 saturated carbocycles. The summed E-state index contributed by atoms with van der Waals surface area (Å²) in [7, 11) is 0. The highest BCUT2D eigenvalue weighted by molar-refractivity contribution is 5.43. The predicted molar refractivity (Wildman–Crippen MR) is 70.2 cm³/mol. The maximum atomic E-state index is 14.0. The largest absolute Gasteiger partial charge is 0.310 e. The minimum atomic E-state index is -0.183. The molecule has 2 aromatic rings. The van der Waals surface area contributed by atoms with Gasteiger partial charge < -0.3 is 9.88 Å². The molecule has 0 radical (unpaired) electrons. The number of nitrogens with zero attached hydrogens (tertiary/aromatic N) is 2. The Balaban J connectivity index is 2.38. The van der Waals surface area contributed by atoms with Crippen molar-refractivity contribution in [1.82, 2.24) is 14.9 Å². The highest BCUT2D eigenvalue weighted by Crippen LogP contribution is 2.24. The molecule has 1 atom stereocenters. The molecule has 0 aliphatic rings. The van der Waals surface area contributed by atoms with Gasteiger partial charge in [-0.25, -0.2) is 9.37 Å². The molecule has 0 spiro atoms. The Morgan fingerprint density at radius 3 is 2.94 bits per heavy atom. The summed E-state index contributed by atoms with van der Waals surface area (Å²) in [6, 6.07) is 5.11. The Hall–Kier alpha value is -1.68. The Morgan fingerprint density at radius 1 is 1.44 bits per heavy atom. The second kappa shape index (κ2) is 5.78. The Labute approximate surface area is 107 Å². The molecule has 1 heterocycles. The first-order chi connectivity index (χ1) is 8.74. The maximum absolute atomic E-state index is 14.0. The van der Waals surface area contributed by atoms with E-state index in [4.69, 9.17) is 0 Å². The summed E-state index contributed by atoms with van der Waals surface area (Å²) in [6.07, 6.45) is 6.23. The van der Waals surface area contributed by atoms with Crippen molar-refractivity contribution < 1.29 is 4.39 Å². The molecule has 18 heavy (non-hydrogen) atoms. The van der Waals surface area contributed by atoms with E-state index in [1.165, 1.54) is 6.07 Å². The van der Waals surface area contributed by atoms with Gasteiger partial charge in [0.1, 0.15) is 5.82 Å². The second-order valence-corrected chi connectivity index (χ2v) is 4.32. The topological polar surface area (TPSA) is 29.9 Å². The molecule has 1 N–H and O–H groups in total. The van der Waals surface area contributed by atoms with Crippen LogP contribution in [0.1, 0.15) is 31.9 Å². The van der Waals surface area contributed by atoms with E-state index in [-0.39, 0.29) is 11.9 Å². The Bertz CT molecular complexity index is 494. The van der Waals surface area contributed by atoms with Crippen LogP contribution in [-0.4, -0.2) is 16.1 Å². The van der Waals surface area contributed by atoms with Crippen molar-refractivity contribution in [2.75, 3.05) is 6.54 Å². The van der Waals surface area contributed by atoms with Crippen LogP contribution < -0.4 is 5.32 Å². The number of rotatable bonds is 5. The van der Waals surface area contributed by atoms with Gasteiger partial charge in [0.05, 0.1) is 12.0 Å². The monoisotopic (exact) mass is 247 g/mol. The summed E-state index contributed by atoms with van der Waals surface area (Å²) in [5, 5.41) is 3.32. The van der Waals surface area contributed by atoms with Crippen LogP contribution in [0.25, 0.3) is 5.69 Å². The third kappa shape index (κ3) is 2.59. The number of nitrogens with one attached hydrogen (secondary N) is 1. The van der Waals surface area contributed by atoms with E-state index in [0.717, 1.165) is 18.7 Å². The predicted octanol–water partition coefficient (Wildman–Crippen LogP) is 3.07. The zero-order valence-corrected chi connectivity index (χ0v) is 10.7. The van der Waals surface area contributed by atoms with Crippen LogP contribution >= 0.6 is 0 Å². The lowest BCUT2D eigenvalue weighted by molar-refractivity contribution is 0.525. The minimum Gasteiger partial charge on any atom is -0.310 e. The van der Waals surface area contributed by atoms with Crippen LogP contribution in [-0.2, 0) is 0 Å².